The van der Waals surface area contributed by atoms with E-state index >= 15 is 0 Å². The Balaban J connectivity index is 1.66. The van der Waals surface area contributed by atoms with Crippen LogP contribution in [0.4, 0.5) is 4.79 Å². The van der Waals surface area contributed by atoms with Crippen LogP contribution in [0.3, 0.4) is 0 Å². The van der Waals surface area contributed by atoms with Crippen LogP contribution in [0.2, 0.25) is 0 Å². The van der Waals surface area contributed by atoms with E-state index in [9.17, 15) is 9.59 Å². The zero-order chi connectivity index (χ0) is 20.5. The van der Waals surface area contributed by atoms with E-state index < -0.39 is 18.2 Å². The summed E-state index contributed by atoms with van der Waals surface area (Å²) in [4.78, 5) is 27.1. The minimum absolute atomic E-state index is 0.0229. The second kappa shape index (κ2) is 10.6. The van der Waals surface area contributed by atoms with Crippen molar-refractivity contribution in [3.8, 4) is 0 Å². The van der Waals surface area contributed by atoms with E-state index in [4.69, 9.17) is 14.2 Å². The highest BCUT2D eigenvalue weighted by molar-refractivity contribution is 5.79. The van der Waals surface area contributed by atoms with Crippen LogP contribution in [0.25, 0.3) is 0 Å². The molecule has 2 aromatic carbocycles. The number of carbonyl (C=O) groups is 2. The van der Waals surface area contributed by atoms with Crippen molar-refractivity contribution >= 4 is 12.1 Å². The standard InChI is InChI=1S/C23H27NO5/c1-27-17-20-13-8-14-24(20)23(26)29-21(15-18-9-4-2-5-10-18)22(25)28-16-19-11-6-3-7-12-19/h2-7,9-12,20-21H,8,13-17H2,1H3/t20-,21-/m0/s1. The van der Waals surface area contributed by atoms with Crippen molar-refractivity contribution in [2.75, 3.05) is 20.3 Å². The van der Waals surface area contributed by atoms with E-state index in [1.54, 1.807) is 12.0 Å². The molecule has 0 N–H and O–H groups in total. The quantitative estimate of drug-likeness (QED) is 0.637. The maximum atomic E-state index is 12.8. The molecule has 29 heavy (non-hydrogen) atoms. The van der Waals surface area contributed by atoms with Crippen LogP contribution < -0.4 is 0 Å². The molecule has 2 atom stereocenters. The number of methoxy groups -OCH3 is 1. The number of amides is 1. The Kier molecular flexibility index (Phi) is 7.64. The average Bonchev–Trinajstić information content (AvgIpc) is 3.22. The summed E-state index contributed by atoms with van der Waals surface area (Å²) in [6.07, 6.45) is 0.526. The van der Waals surface area contributed by atoms with Gasteiger partial charge in [-0.15, -0.1) is 0 Å². The Hall–Kier alpha value is -2.86. The van der Waals surface area contributed by atoms with Crippen LogP contribution in [-0.2, 0) is 32.0 Å². The fraction of sp³-hybridized carbons (Fsp3) is 0.391. The van der Waals surface area contributed by atoms with Gasteiger partial charge in [-0.05, 0) is 24.0 Å². The Morgan fingerprint density at radius 1 is 1.03 bits per heavy atom. The van der Waals surface area contributed by atoms with Gasteiger partial charge in [0, 0.05) is 20.1 Å². The molecule has 6 heteroatoms. The first-order chi connectivity index (χ1) is 14.2. The first-order valence-electron chi connectivity index (χ1n) is 9.88. The molecule has 0 spiro atoms. The smallest absolute Gasteiger partial charge is 0.410 e. The lowest BCUT2D eigenvalue weighted by molar-refractivity contribution is -0.155. The fourth-order valence-corrected chi connectivity index (χ4v) is 3.45. The summed E-state index contributed by atoms with van der Waals surface area (Å²) in [6.45, 7) is 1.19. The van der Waals surface area contributed by atoms with E-state index in [1.807, 2.05) is 60.7 Å². The van der Waals surface area contributed by atoms with Gasteiger partial charge >= 0.3 is 12.1 Å². The van der Waals surface area contributed by atoms with Gasteiger partial charge in [0.15, 0.2) is 0 Å². The molecule has 6 nitrogen and oxygen atoms in total. The molecule has 1 saturated heterocycles. The Morgan fingerprint density at radius 2 is 1.69 bits per heavy atom. The predicted octanol–water partition coefficient (Wildman–Crippen LogP) is 3.59. The van der Waals surface area contributed by atoms with Gasteiger partial charge in [-0.25, -0.2) is 9.59 Å². The molecule has 1 amide bonds. The van der Waals surface area contributed by atoms with Gasteiger partial charge in [0.05, 0.1) is 12.6 Å². The van der Waals surface area contributed by atoms with Crippen molar-refractivity contribution in [2.45, 2.75) is 38.0 Å². The van der Waals surface area contributed by atoms with Crippen molar-refractivity contribution in [3.05, 3.63) is 71.8 Å². The summed E-state index contributed by atoms with van der Waals surface area (Å²) in [6, 6.07) is 18.9. The molecule has 1 aliphatic rings. The van der Waals surface area contributed by atoms with E-state index in [0.717, 1.165) is 24.0 Å². The predicted molar refractivity (Wildman–Crippen MR) is 108 cm³/mol. The number of esters is 1. The number of benzene rings is 2. The zero-order valence-electron chi connectivity index (χ0n) is 16.7. The third-order valence-electron chi connectivity index (χ3n) is 4.96. The molecule has 1 aliphatic heterocycles. The highest BCUT2D eigenvalue weighted by Crippen LogP contribution is 2.20. The molecular weight excluding hydrogens is 370 g/mol. The van der Waals surface area contributed by atoms with Crippen molar-refractivity contribution < 1.29 is 23.8 Å². The Morgan fingerprint density at radius 3 is 2.34 bits per heavy atom. The molecule has 0 aromatic heterocycles. The van der Waals surface area contributed by atoms with Crippen LogP contribution in [0.5, 0.6) is 0 Å². The van der Waals surface area contributed by atoms with Gasteiger partial charge in [-0.1, -0.05) is 60.7 Å². The molecule has 0 radical (unpaired) electrons. The summed E-state index contributed by atoms with van der Waals surface area (Å²) in [5.41, 5.74) is 1.78. The first-order valence-corrected chi connectivity index (χ1v) is 9.88. The maximum absolute atomic E-state index is 12.8. The number of rotatable bonds is 8. The van der Waals surface area contributed by atoms with Crippen LogP contribution in [-0.4, -0.2) is 49.4 Å². The number of hydrogen-bond donors (Lipinski definition) is 0. The highest BCUT2D eigenvalue weighted by atomic mass is 16.6. The SMILES string of the molecule is COC[C@@H]1CCCN1C(=O)O[C@@H](Cc1ccccc1)C(=O)OCc1ccccc1. The van der Waals surface area contributed by atoms with E-state index in [-0.39, 0.29) is 19.1 Å². The summed E-state index contributed by atoms with van der Waals surface area (Å²) in [7, 11) is 1.61. The number of carbonyl (C=O) groups excluding carboxylic acids is 2. The maximum Gasteiger partial charge on any atom is 0.410 e. The van der Waals surface area contributed by atoms with Crippen LogP contribution in [0.15, 0.2) is 60.7 Å². The van der Waals surface area contributed by atoms with Crippen LogP contribution >= 0.6 is 0 Å². The van der Waals surface area contributed by atoms with Gasteiger partial charge in [-0.2, -0.15) is 0 Å². The third-order valence-corrected chi connectivity index (χ3v) is 4.96. The van der Waals surface area contributed by atoms with Crippen molar-refractivity contribution in [1.82, 2.24) is 4.90 Å². The normalized spacial score (nSPS) is 17.0. The fourth-order valence-electron chi connectivity index (χ4n) is 3.45. The summed E-state index contributed by atoms with van der Waals surface area (Å²) in [5, 5.41) is 0. The highest BCUT2D eigenvalue weighted by Gasteiger charge is 2.33. The molecule has 3 rings (SSSR count). The molecule has 0 saturated carbocycles. The number of nitrogens with zero attached hydrogens (tertiary/aromatic N) is 1. The molecular formula is C23H27NO5. The first kappa shape index (κ1) is 20.9. The lowest BCUT2D eigenvalue weighted by Crippen LogP contribution is -2.42. The Labute approximate surface area is 171 Å². The zero-order valence-corrected chi connectivity index (χ0v) is 16.7. The van der Waals surface area contributed by atoms with Crippen molar-refractivity contribution in [3.63, 3.8) is 0 Å². The minimum Gasteiger partial charge on any atom is -0.458 e. The lowest BCUT2D eigenvalue weighted by Gasteiger charge is -2.26. The largest absolute Gasteiger partial charge is 0.458 e. The van der Waals surface area contributed by atoms with Crippen molar-refractivity contribution in [1.29, 1.82) is 0 Å². The minimum atomic E-state index is -1.00. The van der Waals surface area contributed by atoms with Gasteiger partial charge < -0.3 is 19.1 Å². The topological polar surface area (TPSA) is 65.1 Å². The second-order valence-electron chi connectivity index (χ2n) is 7.10. The molecule has 1 heterocycles. The van der Waals surface area contributed by atoms with Gasteiger partial charge in [0.25, 0.3) is 0 Å². The Bertz CT molecular complexity index is 780. The van der Waals surface area contributed by atoms with Gasteiger partial charge in [-0.3, -0.25) is 0 Å². The van der Waals surface area contributed by atoms with E-state index in [2.05, 4.69) is 0 Å². The monoisotopic (exact) mass is 397 g/mol. The molecule has 0 bridgehead atoms. The van der Waals surface area contributed by atoms with Crippen LogP contribution in [0, 0.1) is 0 Å². The second-order valence-corrected chi connectivity index (χ2v) is 7.10. The van der Waals surface area contributed by atoms with Crippen molar-refractivity contribution in [2.24, 2.45) is 0 Å². The molecule has 0 unspecified atom stereocenters. The van der Waals surface area contributed by atoms with E-state index in [1.165, 1.54) is 0 Å². The summed E-state index contributed by atoms with van der Waals surface area (Å²) >= 11 is 0. The molecule has 154 valence electrons. The number of hydrogen-bond acceptors (Lipinski definition) is 5. The van der Waals surface area contributed by atoms with Gasteiger partial charge in [0.1, 0.15) is 6.61 Å². The lowest BCUT2D eigenvalue weighted by atomic mass is 10.1. The molecule has 2 aromatic rings. The van der Waals surface area contributed by atoms with Crippen LogP contribution in [0.1, 0.15) is 24.0 Å². The summed E-state index contributed by atoms with van der Waals surface area (Å²) in [5.74, 6) is -0.548. The number of ether oxygens (including phenoxy) is 3. The molecule has 1 fully saturated rings. The third kappa shape index (κ3) is 6.06. The average molecular weight is 397 g/mol. The number of likely N-dealkylation sites (tertiary alicyclic amines) is 1. The molecule has 0 aliphatic carbocycles. The van der Waals surface area contributed by atoms with Gasteiger partial charge in [0.2, 0.25) is 6.10 Å². The summed E-state index contributed by atoms with van der Waals surface area (Å²) < 4.78 is 16.3. The van der Waals surface area contributed by atoms with E-state index in [0.29, 0.717) is 13.2 Å².